The molecule has 0 unspecified atom stereocenters. The standard InChI is InChI=1S/C7H13N2.C6HF3N4/c1-3-4-9-6-5-8(2)7-9;7-6(8,9)5-12-3(1-10)4(2-11)13-5/h5-7H,3-4H2,1-2H3;(H,12,13)/q+1;. The van der Waals surface area contributed by atoms with Crippen LogP contribution in [0.2, 0.25) is 0 Å². The summed E-state index contributed by atoms with van der Waals surface area (Å²) in [6.07, 6.45) is 2.76. The molecular weight excluding hydrogens is 297 g/mol. The summed E-state index contributed by atoms with van der Waals surface area (Å²) in [5.41, 5.74) is -1.02. The Balaban J connectivity index is 0.000000235. The second-order valence-electron chi connectivity index (χ2n) is 4.35. The number of alkyl halides is 3. The SMILES string of the molecule is CCCn1cc[n+](C)c1.N#Cc1nc(C(F)(F)F)[nH]c1C#N. The van der Waals surface area contributed by atoms with Crippen LogP contribution in [0, 0.1) is 22.7 Å². The van der Waals surface area contributed by atoms with Crippen molar-refractivity contribution in [2.75, 3.05) is 0 Å². The minimum atomic E-state index is -4.67. The molecule has 0 bridgehead atoms. The number of rotatable bonds is 2. The highest BCUT2D eigenvalue weighted by molar-refractivity contribution is 5.36. The maximum Gasteiger partial charge on any atom is 0.449 e. The molecule has 2 aromatic heterocycles. The molecule has 0 aliphatic heterocycles. The quantitative estimate of drug-likeness (QED) is 0.859. The fraction of sp³-hybridized carbons (Fsp3) is 0.385. The van der Waals surface area contributed by atoms with Crippen molar-refractivity contribution in [3.8, 4) is 12.1 Å². The molecule has 0 fully saturated rings. The molecule has 1 N–H and O–H groups in total. The summed E-state index contributed by atoms with van der Waals surface area (Å²) < 4.78 is 40.1. The van der Waals surface area contributed by atoms with Gasteiger partial charge in [0.05, 0.1) is 13.6 Å². The van der Waals surface area contributed by atoms with Crippen molar-refractivity contribution >= 4 is 0 Å². The second kappa shape index (κ2) is 7.27. The van der Waals surface area contributed by atoms with E-state index in [1.54, 1.807) is 4.98 Å². The zero-order chi connectivity index (χ0) is 16.8. The van der Waals surface area contributed by atoms with Crippen molar-refractivity contribution in [2.24, 2.45) is 7.05 Å². The Hall–Kier alpha value is -2.81. The summed E-state index contributed by atoms with van der Waals surface area (Å²) in [5.74, 6) is -1.33. The fourth-order valence-electron chi connectivity index (χ4n) is 1.56. The molecule has 2 heterocycles. The summed E-state index contributed by atoms with van der Waals surface area (Å²) in [6, 6.07) is 2.77. The molecule has 0 saturated carbocycles. The third-order valence-corrected chi connectivity index (χ3v) is 2.50. The van der Waals surface area contributed by atoms with Crippen molar-refractivity contribution < 1.29 is 17.7 Å². The van der Waals surface area contributed by atoms with E-state index < -0.39 is 23.4 Å². The summed E-state index contributed by atoms with van der Waals surface area (Å²) in [7, 11) is 2.03. The van der Waals surface area contributed by atoms with Gasteiger partial charge < -0.3 is 4.98 Å². The summed E-state index contributed by atoms with van der Waals surface area (Å²) >= 11 is 0. The van der Waals surface area contributed by atoms with Crippen LogP contribution >= 0.6 is 0 Å². The van der Waals surface area contributed by atoms with Gasteiger partial charge in [0.1, 0.15) is 24.5 Å². The van der Waals surface area contributed by atoms with Gasteiger partial charge in [0.2, 0.25) is 12.2 Å². The summed E-state index contributed by atoms with van der Waals surface area (Å²) in [4.78, 5) is 4.61. The fourth-order valence-corrected chi connectivity index (χ4v) is 1.56. The number of aromatic nitrogens is 4. The topological polar surface area (TPSA) is 85.1 Å². The van der Waals surface area contributed by atoms with Crippen LogP contribution in [0.1, 0.15) is 30.6 Å². The first-order valence-electron chi connectivity index (χ1n) is 6.30. The minimum absolute atomic E-state index is 0.477. The van der Waals surface area contributed by atoms with Crippen LogP contribution in [0.4, 0.5) is 13.2 Å². The highest BCUT2D eigenvalue weighted by Gasteiger charge is 2.35. The number of nitrogens with zero attached hydrogens (tertiary/aromatic N) is 5. The lowest BCUT2D eigenvalue weighted by Gasteiger charge is -1.98. The van der Waals surface area contributed by atoms with Crippen molar-refractivity contribution in [3.63, 3.8) is 0 Å². The lowest BCUT2D eigenvalue weighted by Crippen LogP contribution is -2.23. The predicted octanol–water partition coefficient (Wildman–Crippen LogP) is 1.89. The first-order valence-corrected chi connectivity index (χ1v) is 6.30. The van der Waals surface area contributed by atoms with E-state index in [9.17, 15) is 13.2 Å². The highest BCUT2D eigenvalue weighted by atomic mass is 19.4. The number of aromatic amines is 1. The molecule has 2 rings (SSSR count). The van der Waals surface area contributed by atoms with Gasteiger partial charge in [0.25, 0.3) is 0 Å². The van der Waals surface area contributed by atoms with E-state index in [-0.39, 0.29) is 0 Å². The first kappa shape index (κ1) is 17.2. The van der Waals surface area contributed by atoms with Gasteiger partial charge >= 0.3 is 6.18 Å². The number of imidazole rings is 2. The Kier molecular flexibility index (Phi) is 5.70. The predicted molar refractivity (Wildman–Crippen MR) is 68.9 cm³/mol. The van der Waals surface area contributed by atoms with Crippen molar-refractivity contribution in [3.05, 3.63) is 35.9 Å². The van der Waals surface area contributed by atoms with Gasteiger partial charge in [0, 0.05) is 0 Å². The van der Waals surface area contributed by atoms with Crippen molar-refractivity contribution in [2.45, 2.75) is 26.1 Å². The molecule has 116 valence electrons. The smallest absolute Gasteiger partial charge is 0.325 e. The van der Waals surface area contributed by atoms with Crippen LogP contribution < -0.4 is 4.57 Å². The number of aryl methyl sites for hydroxylation is 2. The molecule has 0 saturated heterocycles. The number of nitrogens with one attached hydrogen (secondary N) is 1. The van der Waals surface area contributed by atoms with Gasteiger partial charge in [-0.2, -0.15) is 23.7 Å². The summed E-state index contributed by atoms with van der Waals surface area (Å²) in [6.45, 7) is 3.31. The molecule has 0 spiro atoms. The molecule has 0 aliphatic rings. The minimum Gasteiger partial charge on any atom is -0.325 e. The van der Waals surface area contributed by atoms with Gasteiger partial charge in [-0.1, -0.05) is 6.92 Å². The van der Waals surface area contributed by atoms with Gasteiger partial charge in [-0.15, -0.1) is 0 Å². The molecule has 0 amide bonds. The van der Waals surface area contributed by atoms with E-state index in [1.807, 2.05) is 7.05 Å². The van der Waals surface area contributed by atoms with Crippen LogP contribution in [-0.4, -0.2) is 14.5 Å². The Labute approximate surface area is 125 Å². The maximum atomic E-state index is 11.9. The number of hydrogen-bond acceptors (Lipinski definition) is 3. The Bertz CT molecular complexity index is 667. The monoisotopic (exact) mass is 311 g/mol. The maximum absolute atomic E-state index is 11.9. The number of nitriles is 2. The third kappa shape index (κ3) is 4.63. The average Bonchev–Trinajstić information content (AvgIpc) is 3.05. The zero-order valence-electron chi connectivity index (χ0n) is 12.0. The van der Waals surface area contributed by atoms with Crippen LogP contribution in [0.5, 0.6) is 0 Å². The second-order valence-corrected chi connectivity index (χ2v) is 4.35. The van der Waals surface area contributed by atoms with E-state index in [0.29, 0.717) is 0 Å². The van der Waals surface area contributed by atoms with Crippen molar-refractivity contribution in [1.29, 1.82) is 10.5 Å². The molecule has 0 aromatic carbocycles. The van der Waals surface area contributed by atoms with Gasteiger partial charge in [0.15, 0.2) is 11.4 Å². The van der Waals surface area contributed by atoms with Crippen LogP contribution in [-0.2, 0) is 19.8 Å². The normalized spacial score (nSPS) is 10.3. The van der Waals surface area contributed by atoms with Gasteiger partial charge in [-0.25, -0.2) is 14.1 Å². The molecule has 0 radical (unpaired) electrons. The number of hydrogen-bond donors (Lipinski definition) is 1. The molecule has 0 atom stereocenters. The summed E-state index contributed by atoms with van der Waals surface area (Å²) in [5, 5.41) is 16.6. The Morgan fingerprint density at radius 1 is 1.36 bits per heavy atom. The molecular formula is C13H14F3N6+. The molecule has 6 nitrogen and oxygen atoms in total. The first-order chi connectivity index (χ1) is 10.3. The van der Waals surface area contributed by atoms with Gasteiger partial charge in [-0.3, -0.25) is 0 Å². The van der Waals surface area contributed by atoms with Crippen molar-refractivity contribution in [1.82, 2.24) is 14.5 Å². The molecule has 2 aromatic rings. The Morgan fingerprint density at radius 3 is 2.41 bits per heavy atom. The molecule has 22 heavy (non-hydrogen) atoms. The van der Waals surface area contributed by atoms with Gasteiger partial charge in [-0.05, 0) is 6.42 Å². The average molecular weight is 311 g/mol. The third-order valence-electron chi connectivity index (χ3n) is 2.50. The van der Waals surface area contributed by atoms with Crippen LogP contribution in [0.25, 0.3) is 0 Å². The molecule has 0 aliphatic carbocycles. The zero-order valence-corrected chi connectivity index (χ0v) is 12.0. The lowest BCUT2D eigenvalue weighted by atomic mass is 10.4. The van der Waals surface area contributed by atoms with E-state index in [2.05, 4.69) is 39.8 Å². The number of halogens is 3. The van der Waals surface area contributed by atoms with Crippen LogP contribution in [0.3, 0.4) is 0 Å². The van der Waals surface area contributed by atoms with E-state index >= 15 is 0 Å². The lowest BCUT2D eigenvalue weighted by molar-refractivity contribution is -0.671. The van der Waals surface area contributed by atoms with E-state index in [4.69, 9.17) is 10.5 Å². The van der Waals surface area contributed by atoms with E-state index in [1.165, 1.54) is 18.6 Å². The Morgan fingerprint density at radius 2 is 2.05 bits per heavy atom. The molecule has 9 heteroatoms. The highest BCUT2D eigenvalue weighted by Crippen LogP contribution is 2.27. The van der Waals surface area contributed by atoms with Crippen LogP contribution in [0.15, 0.2) is 18.7 Å². The number of H-pyrrole nitrogens is 1. The largest absolute Gasteiger partial charge is 0.449 e. The van der Waals surface area contributed by atoms with E-state index in [0.717, 1.165) is 6.54 Å².